The molecule has 0 aliphatic carbocycles. The van der Waals surface area contributed by atoms with Crippen molar-refractivity contribution in [2.45, 2.75) is 35.7 Å². The lowest BCUT2D eigenvalue weighted by Crippen LogP contribution is -2.37. The summed E-state index contributed by atoms with van der Waals surface area (Å²) in [6, 6.07) is 11.2. The highest BCUT2D eigenvalue weighted by Gasteiger charge is 2.46. The van der Waals surface area contributed by atoms with Crippen LogP contribution in [-0.2, 0) is 25.5 Å². The quantitative estimate of drug-likeness (QED) is 0.645. The molecular formula is C21H19F3N2O4S. The van der Waals surface area contributed by atoms with Gasteiger partial charge in [-0.05, 0) is 43.7 Å². The third-order valence-electron chi connectivity index (χ3n) is 5.07. The molecular weight excluding hydrogens is 433 g/mol. The second kappa shape index (κ2) is 8.59. The van der Waals surface area contributed by atoms with Crippen molar-refractivity contribution in [1.29, 1.82) is 5.26 Å². The summed E-state index contributed by atoms with van der Waals surface area (Å²) in [5.74, 6) is -0.674. The van der Waals surface area contributed by atoms with Gasteiger partial charge in [0, 0.05) is 12.2 Å². The summed E-state index contributed by atoms with van der Waals surface area (Å²) >= 11 is 0. The van der Waals surface area contributed by atoms with Crippen LogP contribution in [0.25, 0.3) is 0 Å². The number of carbonyl (C=O) groups excluding carboxylic acids is 1. The Labute approximate surface area is 177 Å². The number of hydrogen-bond donors (Lipinski definition) is 0. The average Bonchev–Trinajstić information content (AvgIpc) is 3.20. The minimum absolute atomic E-state index is 0.0652. The van der Waals surface area contributed by atoms with E-state index in [1.54, 1.807) is 25.1 Å². The molecule has 31 heavy (non-hydrogen) atoms. The van der Waals surface area contributed by atoms with Crippen LogP contribution in [0, 0.1) is 11.3 Å². The fourth-order valence-electron chi connectivity index (χ4n) is 3.65. The van der Waals surface area contributed by atoms with Crippen molar-refractivity contribution in [1.82, 2.24) is 0 Å². The minimum Gasteiger partial charge on any atom is -0.464 e. The number of alkyl halides is 3. The number of sulfone groups is 1. The standard InChI is InChI=1S/C21H19F3N2O4S/c1-2-30-20(27)18-11-16(13-26(18)15-7-5-6-14(10-15)12-25)31(28,29)19-9-4-3-8-17(19)21(22,23)24/h3-10,16,18H,2,11,13H2,1H3. The molecule has 0 radical (unpaired) electrons. The van der Waals surface area contributed by atoms with E-state index in [9.17, 15) is 26.4 Å². The van der Waals surface area contributed by atoms with E-state index in [0.29, 0.717) is 11.3 Å². The monoisotopic (exact) mass is 452 g/mol. The number of anilines is 1. The SMILES string of the molecule is CCOC(=O)C1CC(S(=O)(=O)c2ccccc2C(F)(F)F)CN1c1cccc(C#N)c1. The number of halogens is 3. The Morgan fingerprint density at radius 2 is 1.94 bits per heavy atom. The van der Waals surface area contributed by atoms with E-state index in [1.165, 1.54) is 17.0 Å². The van der Waals surface area contributed by atoms with Crippen LogP contribution < -0.4 is 4.90 Å². The first-order chi connectivity index (χ1) is 14.6. The number of carbonyl (C=O) groups is 1. The van der Waals surface area contributed by atoms with Crippen LogP contribution in [0.5, 0.6) is 0 Å². The number of hydrogen-bond acceptors (Lipinski definition) is 6. The molecule has 1 saturated heterocycles. The first-order valence-electron chi connectivity index (χ1n) is 9.43. The molecule has 2 unspecified atom stereocenters. The molecule has 0 aromatic heterocycles. The second-order valence-electron chi connectivity index (χ2n) is 6.98. The van der Waals surface area contributed by atoms with E-state index in [2.05, 4.69) is 0 Å². The number of nitrogens with zero attached hydrogens (tertiary/aromatic N) is 2. The van der Waals surface area contributed by atoms with Gasteiger partial charge in [0.2, 0.25) is 0 Å². The van der Waals surface area contributed by atoms with Gasteiger partial charge in [0.1, 0.15) is 6.04 Å². The Balaban J connectivity index is 2.03. The molecule has 1 aliphatic rings. The van der Waals surface area contributed by atoms with Crippen LogP contribution in [-0.4, -0.2) is 38.8 Å². The van der Waals surface area contributed by atoms with E-state index >= 15 is 0 Å². The van der Waals surface area contributed by atoms with Crippen molar-refractivity contribution in [3.05, 3.63) is 59.7 Å². The van der Waals surface area contributed by atoms with Gasteiger partial charge >= 0.3 is 12.1 Å². The van der Waals surface area contributed by atoms with Crippen molar-refractivity contribution >= 4 is 21.5 Å². The zero-order valence-corrected chi connectivity index (χ0v) is 17.3. The van der Waals surface area contributed by atoms with Crippen molar-refractivity contribution in [2.75, 3.05) is 18.1 Å². The number of ether oxygens (including phenoxy) is 1. The first kappa shape index (κ1) is 22.6. The number of esters is 1. The maximum atomic E-state index is 13.4. The summed E-state index contributed by atoms with van der Waals surface area (Å²) in [4.78, 5) is 13.2. The van der Waals surface area contributed by atoms with Crippen LogP contribution in [0.15, 0.2) is 53.4 Å². The molecule has 3 rings (SSSR count). The molecule has 6 nitrogen and oxygen atoms in total. The maximum Gasteiger partial charge on any atom is 0.417 e. The highest BCUT2D eigenvalue weighted by molar-refractivity contribution is 7.92. The van der Waals surface area contributed by atoms with Crippen LogP contribution in [0.2, 0.25) is 0 Å². The lowest BCUT2D eigenvalue weighted by atomic mass is 10.1. The first-order valence-corrected chi connectivity index (χ1v) is 11.0. The summed E-state index contributed by atoms with van der Waals surface area (Å²) in [6.45, 7) is 1.45. The van der Waals surface area contributed by atoms with Crippen molar-refractivity contribution in [3.8, 4) is 6.07 Å². The van der Waals surface area contributed by atoms with Gasteiger partial charge in [-0.2, -0.15) is 18.4 Å². The molecule has 2 aromatic rings. The van der Waals surface area contributed by atoms with E-state index < -0.39 is 43.7 Å². The van der Waals surface area contributed by atoms with Gasteiger partial charge in [-0.25, -0.2) is 13.2 Å². The molecule has 2 atom stereocenters. The van der Waals surface area contributed by atoms with E-state index in [0.717, 1.165) is 18.2 Å². The summed E-state index contributed by atoms with van der Waals surface area (Å²) in [5.41, 5.74) is -0.527. The predicted molar refractivity (Wildman–Crippen MR) is 106 cm³/mol. The molecule has 2 aromatic carbocycles. The van der Waals surface area contributed by atoms with E-state index in [-0.39, 0.29) is 19.6 Å². The molecule has 0 N–H and O–H groups in total. The van der Waals surface area contributed by atoms with Gasteiger partial charge < -0.3 is 9.64 Å². The fraction of sp³-hybridized carbons (Fsp3) is 0.333. The molecule has 1 fully saturated rings. The van der Waals surface area contributed by atoms with Crippen LogP contribution in [0.1, 0.15) is 24.5 Å². The lowest BCUT2D eigenvalue weighted by Gasteiger charge is -2.25. The second-order valence-corrected chi connectivity index (χ2v) is 9.18. The molecule has 0 bridgehead atoms. The Morgan fingerprint density at radius 3 is 2.58 bits per heavy atom. The number of rotatable bonds is 5. The van der Waals surface area contributed by atoms with Gasteiger partial charge in [0.25, 0.3) is 0 Å². The molecule has 1 aliphatic heterocycles. The molecule has 0 spiro atoms. The molecule has 164 valence electrons. The topological polar surface area (TPSA) is 87.5 Å². The van der Waals surface area contributed by atoms with E-state index in [4.69, 9.17) is 10.00 Å². The van der Waals surface area contributed by atoms with Crippen molar-refractivity contribution in [3.63, 3.8) is 0 Å². The van der Waals surface area contributed by atoms with Crippen molar-refractivity contribution < 1.29 is 31.1 Å². The van der Waals surface area contributed by atoms with Gasteiger partial charge in [-0.15, -0.1) is 0 Å². The zero-order valence-electron chi connectivity index (χ0n) is 16.5. The van der Waals surface area contributed by atoms with Crippen LogP contribution >= 0.6 is 0 Å². The van der Waals surface area contributed by atoms with Gasteiger partial charge in [-0.3, -0.25) is 0 Å². The third-order valence-corrected chi connectivity index (χ3v) is 7.25. The third kappa shape index (κ3) is 4.51. The Morgan fingerprint density at radius 1 is 1.23 bits per heavy atom. The Bertz CT molecular complexity index is 1130. The minimum atomic E-state index is -4.84. The highest BCUT2D eigenvalue weighted by atomic mass is 32.2. The summed E-state index contributed by atoms with van der Waals surface area (Å²) in [7, 11) is -4.42. The van der Waals surface area contributed by atoms with Gasteiger partial charge in [-0.1, -0.05) is 18.2 Å². The number of benzene rings is 2. The van der Waals surface area contributed by atoms with Gasteiger partial charge in [0.05, 0.1) is 33.9 Å². The molecule has 0 saturated carbocycles. The molecule has 0 amide bonds. The lowest BCUT2D eigenvalue weighted by molar-refractivity contribution is -0.144. The highest BCUT2D eigenvalue weighted by Crippen LogP contribution is 2.38. The van der Waals surface area contributed by atoms with Crippen LogP contribution in [0.4, 0.5) is 18.9 Å². The maximum absolute atomic E-state index is 13.4. The predicted octanol–water partition coefficient (Wildman–Crippen LogP) is 3.56. The zero-order chi connectivity index (χ0) is 22.8. The summed E-state index contributed by atoms with van der Waals surface area (Å²) < 4.78 is 71.7. The Hall–Kier alpha value is -3.06. The largest absolute Gasteiger partial charge is 0.464 e. The fourth-order valence-corrected chi connectivity index (χ4v) is 5.56. The Kier molecular flexibility index (Phi) is 6.27. The van der Waals surface area contributed by atoms with Crippen LogP contribution in [0.3, 0.4) is 0 Å². The van der Waals surface area contributed by atoms with E-state index in [1.807, 2.05) is 6.07 Å². The smallest absolute Gasteiger partial charge is 0.417 e. The van der Waals surface area contributed by atoms with Gasteiger partial charge in [0.15, 0.2) is 9.84 Å². The molecule has 1 heterocycles. The number of nitriles is 1. The molecule has 10 heteroatoms. The van der Waals surface area contributed by atoms with Crippen molar-refractivity contribution in [2.24, 2.45) is 0 Å². The summed E-state index contributed by atoms with van der Waals surface area (Å²) in [6.07, 6.45) is -5.08. The summed E-state index contributed by atoms with van der Waals surface area (Å²) in [5, 5.41) is 7.87. The normalized spacial score (nSPS) is 19.1. The average molecular weight is 452 g/mol.